The summed E-state index contributed by atoms with van der Waals surface area (Å²) in [6.07, 6.45) is 0. The molecule has 0 saturated carbocycles. The molecule has 0 unspecified atom stereocenters. The van der Waals surface area contributed by atoms with E-state index in [-0.39, 0.29) is 5.91 Å². The highest BCUT2D eigenvalue weighted by atomic mass is 16.5. The first-order valence-electron chi connectivity index (χ1n) is 6.85. The maximum atomic E-state index is 12.3. The van der Waals surface area contributed by atoms with Crippen molar-refractivity contribution < 1.29 is 23.8 Å². The van der Waals surface area contributed by atoms with Gasteiger partial charge in [-0.2, -0.15) is 0 Å². The molecule has 0 aliphatic heterocycles. The number of carbonyl (C=O) groups is 2. The first kappa shape index (κ1) is 16.4. The van der Waals surface area contributed by atoms with Gasteiger partial charge in [0.2, 0.25) is 0 Å². The van der Waals surface area contributed by atoms with E-state index < -0.39 is 5.97 Å². The van der Waals surface area contributed by atoms with Crippen LogP contribution in [0.25, 0.3) is 0 Å². The van der Waals surface area contributed by atoms with Crippen LogP contribution in [0, 0.1) is 0 Å². The van der Waals surface area contributed by atoms with E-state index >= 15 is 0 Å². The second-order valence-electron chi connectivity index (χ2n) is 4.65. The Labute approximate surface area is 134 Å². The van der Waals surface area contributed by atoms with E-state index in [1.54, 1.807) is 42.5 Å². The summed E-state index contributed by atoms with van der Waals surface area (Å²) in [6, 6.07) is 11.5. The predicted octanol–water partition coefficient (Wildman–Crippen LogP) is 2.88. The lowest BCUT2D eigenvalue weighted by Gasteiger charge is -2.10. The molecular weight excluding hydrogens is 298 g/mol. The number of hydrogen-bond donors (Lipinski definition) is 1. The molecule has 1 N–H and O–H groups in total. The average molecular weight is 315 g/mol. The third kappa shape index (κ3) is 4.23. The van der Waals surface area contributed by atoms with Gasteiger partial charge in [-0.25, -0.2) is 0 Å². The Morgan fingerprint density at radius 1 is 0.957 bits per heavy atom. The summed E-state index contributed by atoms with van der Waals surface area (Å²) in [7, 11) is 3.03. The fourth-order valence-electron chi connectivity index (χ4n) is 1.98. The zero-order valence-corrected chi connectivity index (χ0v) is 13.1. The maximum absolute atomic E-state index is 12.3. The highest BCUT2D eigenvalue weighted by Crippen LogP contribution is 2.28. The quantitative estimate of drug-likeness (QED) is 0.678. The van der Waals surface area contributed by atoms with Crippen LogP contribution in [0.4, 0.5) is 5.69 Å². The van der Waals surface area contributed by atoms with E-state index in [0.29, 0.717) is 28.5 Å². The minimum atomic E-state index is -0.423. The van der Waals surface area contributed by atoms with Crippen LogP contribution >= 0.6 is 0 Å². The van der Waals surface area contributed by atoms with Crippen molar-refractivity contribution in [3.63, 3.8) is 0 Å². The molecule has 2 aromatic carbocycles. The molecule has 6 heteroatoms. The smallest absolute Gasteiger partial charge is 0.308 e. The van der Waals surface area contributed by atoms with Gasteiger partial charge in [0.05, 0.1) is 14.2 Å². The van der Waals surface area contributed by atoms with Gasteiger partial charge in [-0.05, 0) is 30.3 Å². The zero-order valence-electron chi connectivity index (χ0n) is 13.1. The van der Waals surface area contributed by atoms with E-state index in [1.165, 1.54) is 21.1 Å². The third-order valence-electron chi connectivity index (χ3n) is 3.00. The van der Waals surface area contributed by atoms with Crippen molar-refractivity contribution in [2.75, 3.05) is 19.5 Å². The van der Waals surface area contributed by atoms with Crippen LogP contribution in [0.2, 0.25) is 0 Å². The van der Waals surface area contributed by atoms with Gasteiger partial charge in [-0.3, -0.25) is 9.59 Å². The predicted molar refractivity (Wildman–Crippen MR) is 85.3 cm³/mol. The topological polar surface area (TPSA) is 73.9 Å². The van der Waals surface area contributed by atoms with Crippen LogP contribution < -0.4 is 19.5 Å². The minimum absolute atomic E-state index is 0.314. The number of methoxy groups -OCH3 is 2. The van der Waals surface area contributed by atoms with Crippen molar-refractivity contribution in [1.82, 2.24) is 0 Å². The number of nitrogens with one attached hydrogen (secondary N) is 1. The zero-order chi connectivity index (χ0) is 16.8. The fourth-order valence-corrected chi connectivity index (χ4v) is 1.98. The summed E-state index contributed by atoms with van der Waals surface area (Å²) in [5, 5.41) is 2.73. The fraction of sp³-hybridized carbons (Fsp3) is 0.176. The second kappa shape index (κ2) is 7.31. The van der Waals surface area contributed by atoms with Gasteiger partial charge in [0.1, 0.15) is 5.75 Å². The number of carbonyl (C=O) groups excluding carboxylic acids is 2. The maximum Gasteiger partial charge on any atom is 0.308 e. The van der Waals surface area contributed by atoms with Crippen LogP contribution in [0.5, 0.6) is 17.2 Å². The molecule has 0 fully saturated rings. The van der Waals surface area contributed by atoms with E-state index in [9.17, 15) is 9.59 Å². The summed E-state index contributed by atoms with van der Waals surface area (Å²) >= 11 is 0. The highest BCUT2D eigenvalue weighted by Gasteiger charge is 2.11. The molecule has 120 valence electrons. The molecule has 0 heterocycles. The summed E-state index contributed by atoms with van der Waals surface area (Å²) < 4.78 is 15.3. The third-order valence-corrected chi connectivity index (χ3v) is 3.00. The minimum Gasteiger partial charge on any atom is -0.493 e. The molecule has 1 amide bonds. The molecule has 0 aromatic heterocycles. The molecule has 6 nitrogen and oxygen atoms in total. The Morgan fingerprint density at radius 3 is 2.35 bits per heavy atom. The SMILES string of the molecule is COc1ccc(C(=O)Nc2cccc(OC(C)=O)c2)cc1OC. The van der Waals surface area contributed by atoms with Crippen LogP contribution in [-0.4, -0.2) is 26.1 Å². The number of hydrogen-bond acceptors (Lipinski definition) is 5. The highest BCUT2D eigenvalue weighted by molar-refractivity contribution is 6.04. The lowest BCUT2D eigenvalue weighted by molar-refractivity contribution is -0.131. The molecule has 0 aliphatic rings. The lowest BCUT2D eigenvalue weighted by Crippen LogP contribution is -2.12. The van der Waals surface area contributed by atoms with Gasteiger partial charge in [0, 0.05) is 24.2 Å². The van der Waals surface area contributed by atoms with Crippen molar-refractivity contribution in [2.45, 2.75) is 6.92 Å². The summed E-state index contributed by atoms with van der Waals surface area (Å²) in [6.45, 7) is 1.31. The molecule has 0 atom stereocenters. The molecule has 2 aromatic rings. The molecule has 0 spiro atoms. The molecule has 0 saturated heterocycles. The van der Waals surface area contributed by atoms with Gasteiger partial charge < -0.3 is 19.5 Å². The summed E-state index contributed by atoms with van der Waals surface area (Å²) in [5.41, 5.74) is 0.934. The Kier molecular flexibility index (Phi) is 5.19. The Bertz CT molecular complexity index is 727. The Hall–Kier alpha value is -3.02. The molecule has 0 radical (unpaired) electrons. The van der Waals surface area contributed by atoms with Crippen LogP contribution in [0.1, 0.15) is 17.3 Å². The van der Waals surface area contributed by atoms with Crippen LogP contribution in [0.15, 0.2) is 42.5 Å². The van der Waals surface area contributed by atoms with E-state index in [0.717, 1.165) is 0 Å². The van der Waals surface area contributed by atoms with Crippen LogP contribution in [-0.2, 0) is 4.79 Å². The number of esters is 1. The number of benzene rings is 2. The standard InChI is InChI=1S/C17H17NO5/c1-11(19)23-14-6-4-5-13(10-14)18-17(20)12-7-8-15(21-2)16(9-12)22-3/h4-10H,1-3H3,(H,18,20). The van der Waals surface area contributed by atoms with Crippen LogP contribution in [0.3, 0.4) is 0 Å². The van der Waals surface area contributed by atoms with Crippen molar-refractivity contribution in [3.8, 4) is 17.2 Å². The van der Waals surface area contributed by atoms with Gasteiger partial charge in [-0.15, -0.1) is 0 Å². The van der Waals surface area contributed by atoms with Gasteiger partial charge >= 0.3 is 5.97 Å². The number of amides is 1. The molecular formula is C17H17NO5. The monoisotopic (exact) mass is 315 g/mol. The molecule has 2 rings (SSSR count). The van der Waals surface area contributed by atoms with Crippen molar-refractivity contribution in [1.29, 1.82) is 0 Å². The first-order chi connectivity index (χ1) is 11.0. The Balaban J connectivity index is 2.17. The van der Waals surface area contributed by atoms with E-state index in [2.05, 4.69) is 5.32 Å². The van der Waals surface area contributed by atoms with E-state index in [4.69, 9.17) is 14.2 Å². The molecule has 0 bridgehead atoms. The molecule has 0 aliphatic carbocycles. The summed E-state index contributed by atoms with van der Waals surface area (Å²) in [5.74, 6) is 0.636. The van der Waals surface area contributed by atoms with Crippen molar-refractivity contribution in [3.05, 3.63) is 48.0 Å². The largest absolute Gasteiger partial charge is 0.493 e. The van der Waals surface area contributed by atoms with Gasteiger partial charge in [0.15, 0.2) is 11.5 Å². The number of ether oxygens (including phenoxy) is 3. The Morgan fingerprint density at radius 2 is 1.70 bits per heavy atom. The molecule has 23 heavy (non-hydrogen) atoms. The normalized spacial score (nSPS) is 9.87. The average Bonchev–Trinajstić information content (AvgIpc) is 2.53. The van der Waals surface area contributed by atoms with E-state index in [1.807, 2.05) is 0 Å². The first-order valence-corrected chi connectivity index (χ1v) is 6.85. The van der Waals surface area contributed by atoms with Crippen molar-refractivity contribution in [2.24, 2.45) is 0 Å². The second-order valence-corrected chi connectivity index (χ2v) is 4.65. The van der Waals surface area contributed by atoms with Gasteiger partial charge in [0.25, 0.3) is 5.91 Å². The van der Waals surface area contributed by atoms with Gasteiger partial charge in [-0.1, -0.05) is 6.07 Å². The lowest BCUT2D eigenvalue weighted by atomic mass is 10.2. The number of anilines is 1. The number of rotatable bonds is 5. The summed E-state index contributed by atoms with van der Waals surface area (Å²) in [4.78, 5) is 23.3. The van der Waals surface area contributed by atoms with Crippen molar-refractivity contribution >= 4 is 17.6 Å².